The van der Waals surface area contributed by atoms with Crippen molar-refractivity contribution in [1.29, 1.82) is 0 Å². The molecule has 3 heteroatoms. The first-order chi connectivity index (χ1) is 10.8. The van der Waals surface area contributed by atoms with Crippen LogP contribution in [0.4, 0.5) is 0 Å². The van der Waals surface area contributed by atoms with Crippen LogP contribution in [-0.2, 0) is 11.2 Å². The van der Waals surface area contributed by atoms with Crippen LogP contribution in [0.5, 0.6) is 0 Å². The van der Waals surface area contributed by atoms with Gasteiger partial charge in [0.2, 0.25) is 5.91 Å². The third-order valence-corrected chi connectivity index (χ3v) is 5.25. The molecule has 1 aliphatic carbocycles. The molecule has 3 nitrogen and oxygen atoms in total. The van der Waals surface area contributed by atoms with Crippen LogP contribution in [0.25, 0.3) is 0 Å². The maximum absolute atomic E-state index is 12.5. The smallest absolute Gasteiger partial charge is 0.224 e. The number of hydrogen-bond donors (Lipinski definition) is 2. The molecule has 120 valence electrons. The molecule has 1 amide bonds. The van der Waals surface area contributed by atoms with Gasteiger partial charge in [-0.2, -0.15) is 0 Å². The van der Waals surface area contributed by atoms with Crippen LogP contribution in [0.1, 0.15) is 44.1 Å². The zero-order chi connectivity index (χ0) is 15.2. The molecule has 1 heterocycles. The van der Waals surface area contributed by atoms with Gasteiger partial charge >= 0.3 is 0 Å². The fraction of sp³-hybridized carbons (Fsp3) is 0.632. The van der Waals surface area contributed by atoms with Crippen LogP contribution in [0.3, 0.4) is 0 Å². The quantitative estimate of drug-likeness (QED) is 0.897. The maximum atomic E-state index is 12.5. The number of carbonyl (C=O) groups excluding carboxylic acids is 1. The molecule has 0 spiro atoms. The van der Waals surface area contributed by atoms with Gasteiger partial charge in [-0.1, -0.05) is 43.2 Å². The third-order valence-electron chi connectivity index (χ3n) is 5.25. The zero-order valence-corrected chi connectivity index (χ0v) is 13.4. The molecule has 1 aromatic rings. The van der Waals surface area contributed by atoms with E-state index < -0.39 is 0 Å². The third kappa shape index (κ3) is 4.10. The molecule has 3 unspecified atom stereocenters. The van der Waals surface area contributed by atoms with Crippen LogP contribution >= 0.6 is 0 Å². The summed E-state index contributed by atoms with van der Waals surface area (Å²) >= 11 is 0. The van der Waals surface area contributed by atoms with Gasteiger partial charge in [0, 0.05) is 12.6 Å². The highest BCUT2D eigenvalue weighted by atomic mass is 16.2. The van der Waals surface area contributed by atoms with Gasteiger partial charge in [0.05, 0.1) is 5.92 Å². The van der Waals surface area contributed by atoms with Gasteiger partial charge in [-0.3, -0.25) is 4.79 Å². The topological polar surface area (TPSA) is 41.1 Å². The average molecular weight is 300 g/mol. The first-order valence-corrected chi connectivity index (χ1v) is 8.88. The number of amides is 1. The normalized spacial score (nSPS) is 29.0. The molecule has 1 saturated carbocycles. The fourth-order valence-electron chi connectivity index (χ4n) is 3.94. The molecule has 0 aromatic heterocycles. The van der Waals surface area contributed by atoms with Crippen LogP contribution < -0.4 is 10.6 Å². The molecule has 2 N–H and O–H groups in total. The Hall–Kier alpha value is -1.35. The summed E-state index contributed by atoms with van der Waals surface area (Å²) in [5.74, 6) is 1.04. The molecule has 1 aromatic carbocycles. The van der Waals surface area contributed by atoms with Crippen LogP contribution in [0.15, 0.2) is 30.3 Å². The van der Waals surface area contributed by atoms with Gasteiger partial charge in [0.15, 0.2) is 0 Å². The molecule has 22 heavy (non-hydrogen) atoms. The lowest BCUT2D eigenvalue weighted by molar-refractivity contribution is -0.126. The van der Waals surface area contributed by atoms with Gasteiger partial charge in [-0.05, 0) is 50.1 Å². The number of nitrogens with one attached hydrogen (secondary N) is 2. The Bertz CT molecular complexity index is 468. The highest BCUT2D eigenvalue weighted by Crippen LogP contribution is 2.28. The van der Waals surface area contributed by atoms with Crippen LogP contribution in [0, 0.1) is 11.8 Å². The Balaban J connectivity index is 1.58. The summed E-state index contributed by atoms with van der Waals surface area (Å²) < 4.78 is 0. The van der Waals surface area contributed by atoms with Crippen molar-refractivity contribution in [2.45, 2.75) is 51.0 Å². The van der Waals surface area contributed by atoms with E-state index in [0.29, 0.717) is 12.0 Å². The molecular weight excluding hydrogens is 272 g/mol. The van der Waals surface area contributed by atoms with E-state index in [2.05, 4.69) is 41.0 Å². The number of hydrogen-bond acceptors (Lipinski definition) is 2. The van der Waals surface area contributed by atoms with Gasteiger partial charge in [0.25, 0.3) is 0 Å². The van der Waals surface area contributed by atoms with Crippen LogP contribution in [0.2, 0.25) is 0 Å². The summed E-state index contributed by atoms with van der Waals surface area (Å²) in [7, 11) is 0. The van der Waals surface area contributed by atoms with Crippen molar-refractivity contribution in [3.05, 3.63) is 35.9 Å². The molecule has 2 aliphatic rings. The Morgan fingerprint density at radius 1 is 1.09 bits per heavy atom. The summed E-state index contributed by atoms with van der Waals surface area (Å²) in [4.78, 5) is 12.5. The highest BCUT2D eigenvalue weighted by Gasteiger charge is 2.29. The molecule has 0 bridgehead atoms. The van der Waals surface area contributed by atoms with Gasteiger partial charge in [0.1, 0.15) is 0 Å². The predicted octanol–water partition coefficient (Wildman–Crippen LogP) is 2.90. The standard InChI is InChI=1S/C19H28N2O/c22-19(17-10-6-12-20-14-17)21-18-11-5-4-9-16(18)13-15-7-2-1-3-8-15/h1-3,7-8,16-18,20H,4-6,9-14H2,(H,21,22). The lowest BCUT2D eigenvalue weighted by Gasteiger charge is -2.34. The molecular formula is C19H28N2O. The SMILES string of the molecule is O=C(NC1CCCCC1Cc1ccccc1)C1CCCNC1. The summed E-state index contributed by atoms with van der Waals surface area (Å²) in [5, 5.41) is 6.72. The maximum Gasteiger partial charge on any atom is 0.224 e. The van der Waals surface area contributed by atoms with E-state index in [1.807, 2.05) is 0 Å². The van der Waals surface area contributed by atoms with Crippen molar-refractivity contribution >= 4 is 5.91 Å². The minimum Gasteiger partial charge on any atom is -0.353 e. The van der Waals surface area contributed by atoms with E-state index in [1.54, 1.807) is 0 Å². The van der Waals surface area contributed by atoms with Crippen molar-refractivity contribution in [2.75, 3.05) is 13.1 Å². The largest absolute Gasteiger partial charge is 0.353 e. The number of carbonyl (C=O) groups is 1. The molecule has 0 radical (unpaired) electrons. The Morgan fingerprint density at radius 3 is 2.68 bits per heavy atom. The summed E-state index contributed by atoms with van der Waals surface area (Å²) in [5.41, 5.74) is 1.40. The lowest BCUT2D eigenvalue weighted by Crippen LogP contribution is -2.48. The van der Waals surface area contributed by atoms with Crippen molar-refractivity contribution < 1.29 is 4.79 Å². The van der Waals surface area contributed by atoms with E-state index in [9.17, 15) is 4.79 Å². The Morgan fingerprint density at radius 2 is 1.91 bits per heavy atom. The van der Waals surface area contributed by atoms with Crippen molar-refractivity contribution in [3.8, 4) is 0 Å². The summed E-state index contributed by atoms with van der Waals surface area (Å²) in [6.45, 7) is 1.91. The summed E-state index contributed by atoms with van der Waals surface area (Å²) in [6, 6.07) is 11.1. The summed E-state index contributed by atoms with van der Waals surface area (Å²) in [6.07, 6.45) is 8.18. The van der Waals surface area contributed by atoms with Gasteiger partial charge in [-0.25, -0.2) is 0 Å². The van der Waals surface area contributed by atoms with Gasteiger partial charge < -0.3 is 10.6 Å². The average Bonchev–Trinajstić information content (AvgIpc) is 2.58. The van der Waals surface area contributed by atoms with E-state index in [-0.39, 0.29) is 11.8 Å². The minimum absolute atomic E-state index is 0.174. The van der Waals surface area contributed by atoms with E-state index in [0.717, 1.165) is 38.8 Å². The van der Waals surface area contributed by atoms with Crippen molar-refractivity contribution in [3.63, 3.8) is 0 Å². The molecule has 3 rings (SSSR count). The molecule has 1 saturated heterocycles. The van der Waals surface area contributed by atoms with Crippen molar-refractivity contribution in [2.24, 2.45) is 11.8 Å². The predicted molar refractivity (Wildman–Crippen MR) is 89.6 cm³/mol. The van der Waals surface area contributed by atoms with E-state index in [4.69, 9.17) is 0 Å². The van der Waals surface area contributed by atoms with Gasteiger partial charge in [-0.15, -0.1) is 0 Å². The second kappa shape index (κ2) is 7.77. The number of piperidine rings is 1. The zero-order valence-electron chi connectivity index (χ0n) is 13.4. The molecule has 1 aliphatic heterocycles. The monoisotopic (exact) mass is 300 g/mol. The number of rotatable bonds is 4. The second-order valence-electron chi connectivity index (χ2n) is 6.89. The lowest BCUT2D eigenvalue weighted by atomic mass is 9.80. The van der Waals surface area contributed by atoms with Crippen LogP contribution in [-0.4, -0.2) is 25.0 Å². The molecule has 3 atom stereocenters. The Kier molecular flexibility index (Phi) is 5.49. The first kappa shape index (κ1) is 15.5. The first-order valence-electron chi connectivity index (χ1n) is 8.88. The van der Waals surface area contributed by atoms with E-state index >= 15 is 0 Å². The van der Waals surface area contributed by atoms with Crippen molar-refractivity contribution in [1.82, 2.24) is 10.6 Å². The second-order valence-corrected chi connectivity index (χ2v) is 6.89. The van der Waals surface area contributed by atoms with E-state index in [1.165, 1.54) is 24.8 Å². The molecule has 2 fully saturated rings. The minimum atomic E-state index is 0.174. The highest BCUT2D eigenvalue weighted by molar-refractivity contribution is 5.79. The fourth-order valence-corrected chi connectivity index (χ4v) is 3.94. The number of benzene rings is 1. The Labute approximate surface area is 133 Å².